The molecule has 0 aliphatic heterocycles. The lowest BCUT2D eigenvalue weighted by molar-refractivity contribution is -0.152. The number of ether oxygens (including phenoxy) is 1. The van der Waals surface area contributed by atoms with E-state index in [0.29, 0.717) is 0 Å². The van der Waals surface area contributed by atoms with Crippen LogP contribution in [0.25, 0.3) is 0 Å². The smallest absolute Gasteiger partial charge is 0.310 e. The lowest BCUT2D eigenvalue weighted by Crippen LogP contribution is -2.26. The summed E-state index contributed by atoms with van der Waals surface area (Å²) in [7, 11) is 0. The fourth-order valence-electron chi connectivity index (χ4n) is 1.11. The van der Waals surface area contributed by atoms with Crippen molar-refractivity contribution in [2.75, 3.05) is 0 Å². The third kappa shape index (κ3) is 10.3. The van der Waals surface area contributed by atoms with E-state index in [2.05, 4.69) is 0 Å². The van der Waals surface area contributed by atoms with Gasteiger partial charge in [-0.2, -0.15) is 0 Å². The van der Waals surface area contributed by atoms with E-state index in [9.17, 15) is 4.79 Å². The second-order valence-electron chi connectivity index (χ2n) is 3.60. The molecular formula is C16H28O3. The first-order valence-electron chi connectivity index (χ1n) is 7.01. The first-order valence-corrected chi connectivity index (χ1v) is 7.01. The van der Waals surface area contributed by atoms with Crippen LogP contribution >= 0.6 is 0 Å². The first kappa shape index (κ1) is 20.0. The van der Waals surface area contributed by atoms with Crippen molar-refractivity contribution in [2.45, 2.75) is 60.2 Å². The van der Waals surface area contributed by atoms with Gasteiger partial charge >= 0.3 is 5.97 Å². The summed E-state index contributed by atoms with van der Waals surface area (Å²) in [6.45, 7) is 11.3. The highest BCUT2D eigenvalue weighted by atomic mass is 16.6. The van der Waals surface area contributed by atoms with Gasteiger partial charge in [-0.3, -0.25) is 4.79 Å². The number of hydrogen-bond acceptors (Lipinski definition) is 3. The van der Waals surface area contributed by atoms with E-state index in [4.69, 9.17) is 9.84 Å². The third-order valence-electron chi connectivity index (χ3n) is 2.19. The molecular weight excluding hydrogens is 240 g/mol. The molecule has 0 radical (unpaired) electrons. The normalized spacial score (nSPS) is 11.9. The highest BCUT2D eigenvalue weighted by molar-refractivity contribution is 5.72. The molecule has 3 heteroatoms. The molecule has 1 aromatic rings. The van der Waals surface area contributed by atoms with E-state index in [0.717, 1.165) is 5.56 Å². The van der Waals surface area contributed by atoms with Gasteiger partial charge in [-0.25, -0.2) is 0 Å². The quantitative estimate of drug-likeness (QED) is 0.849. The van der Waals surface area contributed by atoms with Gasteiger partial charge in [-0.05, 0) is 19.4 Å². The number of aliphatic hydroxyl groups is 1. The van der Waals surface area contributed by atoms with Crippen molar-refractivity contribution in [3.05, 3.63) is 35.9 Å². The zero-order valence-corrected chi connectivity index (χ0v) is 13.0. The van der Waals surface area contributed by atoms with Gasteiger partial charge in [0.1, 0.15) is 6.10 Å². The Labute approximate surface area is 117 Å². The average Bonchev–Trinajstić information content (AvgIpc) is 2.44. The minimum Gasteiger partial charge on any atom is -0.460 e. The summed E-state index contributed by atoms with van der Waals surface area (Å²) in [6, 6.07) is 9.39. The molecule has 1 aromatic carbocycles. The molecule has 2 unspecified atom stereocenters. The summed E-state index contributed by atoms with van der Waals surface area (Å²) in [5.74, 6) is -0.311. The van der Waals surface area contributed by atoms with Gasteiger partial charge in [0.05, 0.1) is 12.5 Å². The predicted molar refractivity (Wildman–Crippen MR) is 80.1 cm³/mol. The summed E-state index contributed by atoms with van der Waals surface area (Å²) < 4.78 is 5.03. The van der Waals surface area contributed by atoms with Gasteiger partial charge in [-0.15, -0.1) is 0 Å². The van der Waals surface area contributed by atoms with Gasteiger partial charge in [0.15, 0.2) is 0 Å². The Morgan fingerprint density at radius 2 is 1.58 bits per heavy atom. The van der Waals surface area contributed by atoms with Crippen LogP contribution in [0.4, 0.5) is 0 Å². The van der Waals surface area contributed by atoms with Crippen molar-refractivity contribution >= 4 is 5.97 Å². The van der Waals surface area contributed by atoms with Gasteiger partial charge in [-0.1, -0.05) is 58.0 Å². The highest BCUT2D eigenvalue weighted by Gasteiger charge is 2.14. The maximum atomic E-state index is 11.4. The number of carbonyl (C=O) groups excluding carboxylic acids is 1. The Morgan fingerprint density at radius 3 is 2.00 bits per heavy atom. The Morgan fingerprint density at radius 1 is 1.11 bits per heavy atom. The van der Waals surface area contributed by atoms with Gasteiger partial charge < -0.3 is 9.84 Å². The maximum Gasteiger partial charge on any atom is 0.310 e. The van der Waals surface area contributed by atoms with Crippen LogP contribution in [0, 0.1) is 0 Å². The standard InChI is InChI=1S/C12H16O3.2C2H6/c1-9(13)10(2)15-12(14)8-11-6-4-3-5-7-11;2*1-2/h3-7,9-10,13H,8H2,1-2H3;2*1-2H3. The summed E-state index contributed by atoms with van der Waals surface area (Å²) in [6.07, 6.45) is -0.844. The number of aliphatic hydroxyl groups excluding tert-OH is 1. The molecule has 1 rings (SSSR count). The number of hydrogen-bond donors (Lipinski definition) is 1. The van der Waals surface area contributed by atoms with Crippen LogP contribution in [0.3, 0.4) is 0 Å². The number of carbonyl (C=O) groups is 1. The SMILES string of the molecule is CC.CC.CC(O)C(C)OC(=O)Cc1ccccc1. The number of rotatable bonds is 4. The predicted octanol–water partition coefficient (Wildman–Crippen LogP) is 3.59. The topological polar surface area (TPSA) is 46.5 Å². The minimum atomic E-state index is -0.635. The molecule has 0 aliphatic rings. The molecule has 2 atom stereocenters. The largest absolute Gasteiger partial charge is 0.460 e. The van der Waals surface area contributed by atoms with E-state index >= 15 is 0 Å². The minimum absolute atomic E-state index is 0.248. The monoisotopic (exact) mass is 268 g/mol. The third-order valence-corrected chi connectivity index (χ3v) is 2.19. The molecule has 0 amide bonds. The molecule has 3 nitrogen and oxygen atoms in total. The number of esters is 1. The van der Waals surface area contributed by atoms with E-state index in [-0.39, 0.29) is 12.4 Å². The van der Waals surface area contributed by atoms with Crippen LogP contribution in [-0.4, -0.2) is 23.3 Å². The molecule has 0 aliphatic carbocycles. The molecule has 19 heavy (non-hydrogen) atoms. The molecule has 0 saturated carbocycles. The molecule has 110 valence electrons. The summed E-state index contributed by atoms with van der Waals surface area (Å²) in [4.78, 5) is 11.4. The van der Waals surface area contributed by atoms with Crippen molar-refractivity contribution in [1.29, 1.82) is 0 Å². The Hall–Kier alpha value is -1.35. The Balaban J connectivity index is 0. The van der Waals surface area contributed by atoms with Crippen LogP contribution in [0.1, 0.15) is 47.1 Å². The van der Waals surface area contributed by atoms with Gasteiger partial charge in [0.25, 0.3) is 0 Å². The van der Waals surface area contributed by atoms with Gasteiger partial charge in [0, 0.05) is 0 Å². The second kappa shape index (κ2) is 13.1. The summed E-state index contributed by atoms with van der Waals surface area (Å²) >= 11 is 0. The van der Waals surface area contributed by atoms with Crippen molar-refractivity contribution < 1.29 is 14.6 Å². The number of benzene rings is 1. The van der Waals surface area contributed by atoms with Crippen LogP contribution < -0.4 is 0 Å². The molecule has 1 N–H and O–H groups in total. The highest BCUT2D eigenvalue weighted by Crippen LogP contribution is 2.04. The fourth-order valence-corrected chi connectivity index (χ4v) is 1.11. The maximum absolute atomic E-state index is 11.4. The molecule has 0 heterocycles. The van der Waals surface area contributed by atoms with Crippen LogP contribution in [-0.2, 0) is 16.0 Å². The molecule has 0 saturated heterocycles. The molecule has 0 fully saturated rings. The zero-order valence-electron chi connectivity index (χ0n) is 13.0. The second-order valence-corrected chi connectivity index (χ2v) is 3.60. The average molecular weight is 268 g/mol. The van der Waals surface area contributed by atoms with Crippen molar-refractivity contribution in [2.24, 2.45) is 0 Å². The van der Waals surface area contributed by atoms with Crippen molar-refractivity contribution in [3.8, 4) is 0 Å². The Kier molecular flexibility index (Phi) is 13.8. The van der Waals surface area contributed by atoms with Gasteiger partial charge in [0.2, 0.25) is 0 Å². The fraction of sp³-hybridized carbons (Fsp3) is 0.562. The lowest BCUT2D eigenvalue weighted by atomic mass is 10.1. The molecule has 0 spiro atoms. The van der Waals surface area contributed by atoms with Crippen LogP contribution in [0.5, 0.6) is 0 Å². The van der Waals surface area contributed by atoms with Crippen LogP contribution in [0.2, 0.25) is 0 Å². The summed E-state index contributed by atoms with van der Waals surface area (Å²) in [5, 5.41) is 9.16. The Bertz CT molecular complexity index is 307. The molecule has 0 bridgehead atoms. The molecule has 0 aromatic heterocycles. The van der Waals surface area contributed by atoms with E-state index in [1.165, 1.54) is 0 Å². The summed E-state index contributed by atoms with van der Waals surface area (Å²) in [5.41, 5.74) is 0.917. The van der Waals surface area contributed by atoms with E-state index in [1.54, 1.807) is 13.8 Å². The lowest BCUT2D eigenvalue weighted by Gasteiger charge is -2.15. The van der Waals surface area contributed by atoms with Crippen LogP contribution in [0.15, 0.2) is 30.3 Å². The zero-order chi connectivity index (χ0) is 15.3. The van der Waals surface area contributed by atoms with Crippen molar-refractivity contribution in [3.63, 3.8) is 0 Å². The first-order chi connectivity index (χ1) is 9.09. The van der Waals surface area contributed by atoms with Crippen molar-refractivity contribution in [1.82, 2.24) is 0 Å². The van der Waals surface area contributed by atoms with E-state index < -0.39 is 12.2 Å². The van der Waals surface area contributed by atoms with E-state index in [1.807, 2.05) is 58.0 Å².